The number of esters is 1. The predicted octanol–water partition coefficient (Wildman–Crippen LogP) is 1.98. The number of hydrogen-bond donors (Lipinski definition) is 2. The van der Waals surface area contributed by atoms with Crippen LogP contribution < -0.4 is 25.4 Å². The quantitative estimate of drug-likeness (QED) is 0.269. The summed E-state index contributed by atoms with van der Waals surface area (Å²) in [6.07, 6.45) is 1.41. The molecule has 0 saturated heterocycles. The lowest BCUT2D eigenvalue weighted by molar-refractivity contribution is -0.132. The molecule has 0 aromatic heterocycles. The van der Waals surface area contributed by atoms with E-state index in [-0.39, 0.29) is 11.7 Å². The minimum absolute atomic E-state index is 0.172. The van der Waals surface area contributed by atoms with Crippen LogP contribution in [0.2, 0.25) is 0 Å². The summed E-state index contributed by atoms with van der Waals surface area (Å²) in [6.45, 7) is 1.28. The number of hydrogen-bond acceptors (Lipinski definition) is 7. The zero-order valence-electron chi connectivity index (χ0n) is 14.6. The zero-order chi connectivity index (χ0) is 19.1. The third-order valence-corrected chi connectivity index (χ3v) is 3.28. The Morgan fingerprint density at radius 2 is 1.65 bits per heavy atom. The van der Waals surface area contributed by atoms with Gasteiger partial charge in [-0.1, -0.05) is 0 Å². The molecule has 0 radical (unpaired) electrons. The van der Waals surface area contributed by atoms with Crippen molar-refractivity contribution >= 4 is 23.8 Å². The maximum atomic E-state index is 12.0. The van der Waals surface area contributed by atoms with Crippen molar-refractivity contribution in [1.82, 2.24) is 5.43 Å². The molecule has 0 aliphatic heterocycles. The molecular formula is C18H19N3O5. The number of methoxy groups -OCH3 is 2. The van der Waals surface area contributed by atoms with Gasteiger partial charge in [-0.15, -0.1) is 0 Å². The SMILES string of the molecule is COc1cc(/C=N\NC(=O)c2ccc(N)cc2)cc(OC)c1OC(C)=O. The Bertz CT molecular complexity index is 806. The molecule has 0 unspecified atom stereocenters. The smallest absolute Gasteiger partial charge is 0.308 e. The van der Waals surface area contributed by atoms with Crippen LogP contribution in [0.3, 0.4) is 0 Å². The van der Waals surface area contributed by atoms with Gasteiger partial charge < -0.3 is 19.9 Å². The first-order chi connectivity index (χ1) is 12.4. The van der Waals surface area contributed by atoms with Crippen molar-refractivity contribution < 1.29 is 23.8 Å². The summed E-state index contributed by atoms with van der Waals surface area (Å²) >= 11 is 0. The molecule has 0 spiro atoms. The maximum Gasteiger partial charge on any atom is 0.308 e. The van der Waals surface area contributed by atoms with Crippen LogP contribution in [-0.2, 0) is 4.79 Å². The van der Waals surface area contributed by atoms with Crippen molar-refractivity contribution in [3.8, 4) is 17.2 Å². The van der Waals surface area contributed by atoms with Crippen LogP contribution in [0.4, 0.5) is 5.69 Å². The fourth-order valence-electron chi connectivity index (χ4n) is 2.08. The second-order valence-electron chi connectivity index (χ2n) is 5.17. The summed E-state index contributed by atoms with van der Waals surface area (Å²) in [5, 5.41) is 3.91. The second kappa shape index (κ2) is 8.52. The number of nitrogen functional groups attached to an aromatic ring is 1. The molecular weight excluding hydrogens is 338 g/mol. The van der Waals surface area contributed by atoms with Gasteiger partial charge in [-0.05, 0) is 36.4 Å². The second-order valence-corrected chi connectivity index (χ2v) is 5.17. The molecule has 26 heavy (non-hydrogen) atoms. The highest BCUT2D eigenvalue weighted by atomic mass is 16.6. The molecule has 2 aromatic carbocycles. The number of amides is 1. The number of rotatable bonds is 6. The number of nitrogens with zero attached hydrogens (tertiary/aromatic N) is 1. The highest BCUT2D eigenvalue weighted by Gasteiger charge is 2.15. The standard InChI is InChI=1S/C18H19N3O5/c1-11(22)26-17-15(24-2)8-12(9-16(17)25-3)10-20-21-18(23)13-4-6-14(19)7-5-13/h4-10H,19H2,1-3H3,(H,21,23)/b20-10-. The van der Waals surface area contributed by atoms with Gasteiger partial charge in [0.25, 0.3) is 5.91 Å². The van der Waals surface area contributed by atoms with Crippen LogP contribution in [0.25, 0.3) is 0 Å². The molecule has 8 nitrogen and oxygen atoms in total. The first-order valence-electron chi connectivity index (χ1n) is 7.58. The zero-order valence-corrected chi connectivity index (χ0v) is 14.6. The van der Waals surface area contributed by atoms with E-state index in [0.29, 0.717) is 28.3 Å². The number of ether oxygens (including phenoxy) is 3. The number of carbonyl (C=O) groups excluding carboxylic acids is 2. The van der Waals surface area contributed by atoms with Gasteiger partial charge in [-0.3, -0.25) is 9.59 Å². The minimum Gasteiger partial charge on any atom is -0.493 e. The third-order valence-electron chi connectivity index (χ3n) is 3.28. The largest absolute Gasteiger partial charge is 0.493 e. The number of carbonyl (C=O) groups is 2. The normalized spacial score (nSPS) is 10.4. The van der Waals surface area contributed by atoms with Gasteiger partial charge >= 0.3 is 5.97 Å². The minimum atomic E-state index is -0.501. The van der Waals surface area contributed by atoms with Crippen molar-refractivity contribution in [3.05, 3.63) is 47.5 Å². The lowest BCUT2D eigenvalue weighted by Crippen LogP contribution is -2.17. The van der Waals surface area contributed by atoms with E-state index in [0.717, 1.165) is 0 Å². The van der Waals surface area contributed by atoms with E-state index in [9.17, 15) is 9.59 Å². The highest BCUT2D eigenvalue weighted by molar-refractivity contribution is 5.95. The molecule has 1 amide bonds. The van der Waals surface area contributed by atoms with E-state index in [1.165, 1.54) is 27.4 Å². The van der Waals surface area contributed by atoms with Crippen molar-refractivity contribution in [2.45, 2.75) is 6.92 Å². The fraction of sp³-hybridized carbons (Fsp3) is 0.167. The lowest BCUT2D eigenvalue weighted by atomic mass is 10.2. The van der Waals surface area contributed by atoms with E-state index >= 15 is 0 Å². The number of hydrazone groups is 1. The molecule has 3 N–H and O–H groups in total. The third kappa shape index (κ3) is 4.73. The number of anilines is 1. The summed E-state index contributed by atoms with van der Waals surface area (Å²) in [5.41, 5.74) is 9.57. The van der Waals surface area contributed by atoms with Crippen molar-refractivity contribution in [2.75, 3.05) is 20.0 Å². The number of nitrogens with two attached hydrogens (primary N) is 1. The van der Waals surface area contributed by atoms with E-state index in [2.05, 4.69) is 10.5 Å². The van der Waals surface area contributed by atoms with Crippen molar-refractivity contribution in [1.29, 1.82) is 0 Å². The Kier molecular flexibility index (Phi) is 6.15. The Morgan fingerprint density at radius 1 is 1.08 bits per heavy atom. The van der Waals surface area contributed by atoms with E-state index in [4.69, 9.17) is 19.9 Å². The number of nitrogens with one attached hydrogen (secondary N) is 1. The summed E-state index contributed by atoms with van der Waals surface area (Å²) in [5.74, 6) is -0.113. The lowest BCUT2D eigenvalue weighted by Gasteiger charge is -2.13. The van der Waals surface area contributed by atoms with Crippen molar-refractivity contribution in [3.63, 3.8) is 0 Å². The average molecular weight is 357 g/mol. The summed E-state index contributed by atoms with van der Waals surface area (Å²) < 4.78 is 15.5. The van der Waals surface area contributed by atoms with Crippen LogP contribution in [0, 0.1) is 0 Å². The van der Waals surface area contributed by atoms with Crippen LogP contribution >= 0.6 is 0 Å². The van der Waals surface area contributed by atoms with Gasteiger partial charge in [-0.2, -0.15) is 5.10 Å². The molecule has 0 bridgehead atoms. The maximum absolute atomic E-state index is 12.0. The van der Waals surface area contributed by atoms with Crippen LogP contribution in [0.15, 0.2) is 41.5 Å². The van der Waals surface area contributed by atoms with Gasteiger partial charge in [0, 0.05) is 23.7 Å². The Morgan fingerprint density at radius 3 is 2.15 bits per heavy atom. The van der Waals surface area contributed by atoms with Gasteiger partial charge in [0.05, 0.1) is 20.4 Å². The fourth-order valence-corrected chi connectivity index (χ4v) is 2.08. The molecule has 0 heterocycles. The van der Waals surface area contributed by atoms with Gasteiger partial charge in [0.15, 0.2) is 11.5 Å². The molecule has 0 fully saturated rings. The molecule has 2 rings (SSSR count). The summed E-state index contributed by atoms with van der Waals surface area (Å²) in [7, 11) is 2.87. The average Bonchev–Trinajstić information content (AvgIpc) is 2.62. The Labute approximate surface area is 150 Å². The molecule has 2 aromatic rings. The van der Waals surface area contributed by atoms with E-state index in [1.807, 2.05) is 0 Å². The topological polar surface area (TPSA) is 112 Å². The molecule has 136 valence electrons. The molecule has 0 aliphatic carbocycles. The monoisotopic (exact) mass is 357 g/mol. The van der Waals surface area contributed by atoms with Gasteiger partial charge in [0.1, 0.15) is 0 Å². The van der Waals surface area contributed by atoms with Crippen LogP contribution in [-0.4, -0.2) is 32.3 Å². The molecule has 0 aliphatic rings. The molecule has 8 heteroatoms. The van der Waals surface area contributed by atoms with Crippen molar-refractivity contribution in [2.24, 2.45) is 5.10 Å². The van der Waals surface area contributed by atoms with Crippen LogP contribution in [0.1, 0.15) is 22.8 Å². The Hall–Kier alpha value is -3.55. The van der Waals surface area contributed by atoms with E-state index < -0.39 is 5.97 Å². The van der Waals surface area contributed by atoms with Crippen LogP contribution in [0.5, 0.6) is 17.2 Å². The van der Waals surface area contributed by atoms with Gasteiger partial charge in [0.2, 0.25) is 5.75 Å². The van der Waals surface area contributed by atoms with E-state index in [1.54, 1.807) is 36.4 Å². The summed E-state index contributed by atoms with van der Waals surface area (Å²) in [4.78, 5) is 23.2. The predicted molar refractivity (Wildman–Crippen MR) is 96.8 cm³/mol. The number of benzene rings is 2. The molecule has 0 saturated carbocycles. The Balaban J connectivity index is 2.17. The first kappa shape index (κ1) is 18.8. The summed E-state index contributed by atoms with van der Waals surface area (Å²) in [6, 6.07) is 9.64. The highest BCUT2D eigenvalue weighted by Crippen LogP contribution is 2.38. The van der Waals surface area contributed by atoms with Gasteiger partial charge in [-0.25, -0.2) is 5.43 Å². The first-order valence-corrected chi connectivity index (χ1v) is 7.58. The molecule has 0 atom stereocenters.